The molecule has 1 aromatic rings. The molecule has 1 aliphatic rings. The molecule has 0 unspecified atom stereocenters. The Balaban J connectivity index is 2.07. The summed E-state index contributed by atoms with van der Waals surface area (Å²) in [6, 6.07) is 6.52. The topological polar surface area (TPSA) is 33.0 Å². The summed E-state index contributed by atoms with van der Waals surface area (Å²) >= 11 is 0. The van der Waals surface area contributed by atoms with Gasteiger partial charge in [-0.1, -0.05) is 6.07 Å². The van der Waals surface area contributed by atoms with E-state index in [-0.39, 0.29) is 5.41 Å². The molecular weight excluding hydrogens is 210 g/mol. The van der Waals surface area contributed by atoms with Gasteiger partial charge < -0.3 is 4.74 Å². The molecule has 0 heterocycles. The number of rotatable bonds is 4. The van der Waals surface area contributed by atoms with Crippen molar-refractivity contribution in [2.75, 3.05) is 6.61 Å². The third-order valence-corrected chi connectivity index (χ3v) is 3.71. The lowest BCUT2D eigenvalue weighted by molar-refractivity contribution is 0.235. The van der Waals surface area contributed by atoms with E-state index < -0.39 is 0 Å². The molecule has 2 heteroatoms. The van der Waals surface area contributed by atoms with Crippen LogP contribution in [0.5, 0.6) is 5.75 Å². The summed E-state index contributed by atoms with van der Waals surface area (Å²) in [6.07, 6.45) is 2.88. The Labute approximate surface area is 103 Å². The van der Waals surface area contributed by atoms with Gasteiger partial charge in [0, 0.05) is 11.8 Å². The quantitative estimate of drug-likeness (QED) is 0.789. The van der Waals surface area contributed by atoms with Crippen LogP contribution < -0.4 is 4.74 Å². The first-order valence-corrected chi connectivity index (χ1v) is 6.14. The van der Waals surface area contributed by atoms with Crippen molar-refractivity contribution in [3.05, 3.63) is 28.8 Å². The Morgan fingerprint density at radius 1 is 1.29 bits per heavy atom. The van der Waals surface area contributed by atoms with Crippen molar-refractivity contribution in [1.29, 1.82) is 5.26 Å². The number of aryl methyl sites for hydroxylation is 2. The van der Waals surface area contributed by atoms with E-state index in [0.29, 0.717) is 13.0 Å². The van der Waals surface area contributed by atoms with Crippen LogP contribution in [0.25, 0.3) is 0 Å². The molecule has 2 nitrogen and oxygen atoms in total. The van der Waals surface area contributed by atoms with E-state index in [1.54, 1.807) is 0 Å². The molecule has 1 fully saturated rings. The van der Waals surface area contributed by atoms with Gasteiger partial charge in [-0.25, -0.2) is 0 Å². The zero-order chi connectivity index (χ0) is 12.5. The van der Waals surface area contributed by atoms with Gasteiger partial charge in [-0.05, 0) is 56.4 Å². The molecule has 0 saturated heterocycles. The smallest absolute Gasteiger partial charge is 0.122 e. The van der Waals surface area contributed by atoms with E-state index in [1.165, 1.54) is 16.7 Å². The summed E-state index contributed by atoms with van der Waals surface area (Å²) in [5.74, 6) is 0.978. The predicted octanol–water partition coefficient (Wildman–Crippen LogP) is 3.68. The number of nitriles is 1. The summed E-state index contributed by atoms with van der Waals surface area (Å²) in [7, 11) is 0. The molecule has 0 aliphatic heterocycles. The molecule has 0 aromatic heterocycles. The second-order valence-electron chi connectivity index (χ2n) is 5.33. The maximum atomic E-state index is 8.78. The van der Waals surface area contributed by atoms with Crippen molar-refractivity contribution in [1.82, 2.24) is 0 Å². The fourth-order valence-corrected chi connectivity index (χ4v) is 2.10. The molecule has 0 radical (unpaired) electrons. The molecule has 1 aliphatic carbocycles. The standard InChI is InChI=1S/C15H19NO/c1-11-8-12(2)13(3)14(9-11)17-10-15(4-5-15)6-7-16/h8-9H,4-6,10H2,1-3H3. The highest BCUT2D eigenvalue weighted by Gasteiger charge is 2.43. The van der Waals surface area contributed by atoms with Gasteiger partial charge in [-0.15, -0.1) is 0 Å². The van der Waals surface area contributed by atoms with Crippen molar-refractivity contribution in [3.63, 3.8) is 0 Å². The lowest BCUT2D eigenvalue weighted by atomic mass is 10.0. The maximum absolute atomic E-state index is 8.78. The van der Waals surface area contributed by atoms with E-state index in [0.717, 1.165) is 18.6 Å². The van der Waals surface area contributed by atoms with Crippen molar-refractivity contribution in [2.45, 2.75) is 40.0 Å². The van der Waals surface area contributed by atoms with Gasteiger partial charge in [-0.3, -0.25) is 0 Å². The molecule has 0 spiro atoms. The highest BCUT2D eigenvalue weighted by molar-refractivity contribution is 5.42. The fraction of sp³-hybridized carbons (Fsp3) is 0.533. The minimum atomic E-state index is 0.152. The lowest BCUT2D eigenvalue weighted by Crippen LogP contribution is -2.13. The summed E-state index contributed by atoms with van der Waals surface area (Å²) in [5.41, 5.74) is 3.86. The number of benzene rings is 1. The average Bonchev–Trinajstić information content (AvgIpc) is 3.02. The number of hydrogen-bond acceptors (Lipinski definition) is 2. The van der Waals surface area contributed by atoms with Gasteiger partial charge in [0.1, 0.15) is 5.75 Å². The van der Waals surface area contributed by atoms with Crippen molar-refractivity contribution < 1.29 is 4.74 Å². The zero-order valence-corrected chi connectivity index (χ0v) is 10.8. The second-order valence-corrected chi connectivity index (χ2v) is 5.33. The lowest BCUT2D eigenvalue weighted by Gasteiger charge is -2.16. The molecule has 2 rings (SSSR count). The van der Waals surface area contributed by atoms with Crippen LogP contribution in [0.2, 0.25) is 0 Å². The largest absolute Gasteiger partial charge is 0.493 e. The first-order valence-electron chi connectivity index (χ1n) is 6.14. The van der Waals surface area contributed by atoms with Gasteiger partial charge in [-0.2, -0.15) is 5.26 Å². The van der Waals surface area contributed by atoms with Crippen LogP contribution in [0.1, 0.15) is 36.0 Å². The van der Waals surface area contributed by atoms with Crippen LogP contribution in [-0.2, 0) is 0 Å². The highest BCUT2D eigenvalue weighted by Crippen LogP contribution is 2.48. The molecule has 0 amide bonds. The molecule has 0 N–H and O–H groups in total. The normalized spacial score (nSPS) is 16.4. The van der Waals surface area contributed by atoms with Crippen LogP contribution in [0.4, 0.5) is 0 Å². The SMILES string of the molecule is Cc1cc(C)c(C)c(OCC2(CC#N)CC2)c1. The van der Waals surface area contributed by atoms with E-state index in [9.17, 15) is 0 Å². The minimum Gasteiger partial charge on any atom is -0.493 e. The van der Waals surface area contributed by atoms with E-state index >= 15 is 0 Å². The monoisotopic (exact) mass is 229 g/mol. The molecule has 17 heavy (non-hydrogen) atoms. The van der Waals surface area contributed by atoms with Crippen LogP contribution in [0.15, 0.2) is 12.1 Å². The van der Waals surface area contributed by atoms with Crippen LogP contribution in [0.3, 0.4) is 0 Å². The highest BCUT2D eigenvalue weighted by atomic mass is 16.5. The maximum Gasteiger partial charge on any atom is 0.122 e. The van der Waals surface area contributed by atoms with Crippen LogP contribution in [-0.4, -0.2) is 6.61 Å². The number of hydrogen-bond donors (Lipinski definition) is 0. The van der Waals surface area contributed by atoms with E-state index in [4.69, 9.17) is 10.00 Å². The Morgan fingerprint density at radius 3 is 2.59 bits per heavy atom. The summed E-state index contributed by atoms with van der Waals surface area (Å²) in [5, 5.41) is 8.78. The van der Waals surface area contributed by atoms with Gasteiger partial charge in [0.2, 0.25) is 0 Å². The Hall–Kier alpha value is -1.49. The minimum absolute atomic E-state index is 0.152. The zero-order valence-electron chi connectivity index (χ0n) is 10.8. The Bertz CT molecular complexity index is 467. The average molecular weight is 229 g/mol. The van der Waals surface area contributed by atoms with E-state index in [2.05, 4.69) is 39.0 Å². The molecular formula is C15H19NO. The Morgan fingerprint density at radius 2 is 2.00 bits per heavy atom. The van der Waals surface area contributed by atoms with Crippen molar-refractivity contribution in [3.8, 4) is 11.8 Å². The van der Waals surface area contributed by atoms with E-state index in [1.807, 2.05) is 0 Å². The number of nitrogens with zero attached hydrogens (tertiary/aromatic N) is 1. The molecule has 0 atom stereocenters. The Kier molecular flexibility index (Phi) is 3.11. The van der Waals surface area contributed by atoms with Gasteiger partial charge in [0.05, 0.1) is 12.7 Å². The molecule has 1 saturated carbocycles. The first-order chi connectivity index (χ1) is 8.06. The first kappa shape index (κ1) is 12.0. The van der Waals surface area contributed by atoms with Crippen LogP contribution >= 0.6 is 0 Å². The summed E-state index contributed by atoms with van der Waals surface area (Å²) in [6.45, 7) is 6.97. The van der Waals surface area contributed by atoms with Crippen molar-refractivity contribution >= 4 is 0 Å². The second kappa shape index (κ2) is 4.41. The predicted molar refractivity (Wildman–Crippen MR) is 68.0 cm³/mol. The molecule has 1 aromatic carbocycles. The van der Waals surface area contributed by atoms with Gasteiger partial charge >= 0.3 is 0 Å². The molecule has 90 valence electrons. The van der Waals surface area contributed by atoms with Gasteiger partial charge in [0.15, 0.2) is 0 Å². The van der Waals surface area contributed by atoms with Crippen molar-refractivity contribution in [2.24, 2.45) is 5.41 Å². The number of ether oxygens (including phenoxy) is 1. The summed E-state index contributed by atoms with van der Waals surface area (Å²) < 4.78 is 5.93. The fourth-order valence-electron chi connectivity index (χ4n) is 2.10. The third kappa shape index (κ3) is 2.61. The third-order valence-electron chi connectivity index (χ3n) is 3.71. The molecule has 0 bridgehead atoms. The summed E-state index contributed by atoms with van der Waals surface area (Å²) in [4.78, 5) is 0. The van der Waals surface area contributed by atoms with Crippen LogP contribution in [0, 0.1) is 37.5 Å². The van der Waals surface area contributed by atoms with Gasteiger partial charge in [0.25, 0.3) is 0 Å².